The molecule has 0 spiro atoms. The number of likely N-dealkylation sites (tertiary alicyclic amines) is 2. The lowest BCUT2D eigenvalue weighted by Crippen LogP contribution is -2.39. The molecule has 2 unspecified atom stereocenters. The smallest absolute Gasteiger partial charge is 0.410 e. The van der Waals surface area contributed by atoms with Gasteiger partial charge in [-0.1, -0.05) is 0 Å². The van der Waals surface area contributed by atoms with Gasteiger partial charge in [-0.25, -0.2) is 4.79 Å². The molecule has 6 heteroatoms. The van der Waals surface area contributed by atoms with Crippen molar-refractivity contribution < 1.29 is 14.3 Å². The van der Waals surface area contributed by atoms with Crippen LogP contribution in [0.4, 0.5) is 4.79 Å². The minimum absolute atomic E-state index is 0.155. The van der Waals surface area contributed by atoms with Gasteiger partial charge < -0.3 is 14.5 Å². The van der Waals surface area contributed by atoms with E-state index in [4.69, 9.17) is 4.74 Å². The lowest BCUT2D eigenvalue weighted by atomic mass is 10.1. The molecule has 0 aromatic carbocycles. The minimum Gasteiger partial charge on any atom is -0.444 e. The SMILES string of the molecule is CC(C)(C)OC(=O)N1CCCC(N2CC(S)CC2=O)CC1. The molecule has 2 rings (SSSR count). The standard InChI is InChI=1S/C15H26N2O3S/c1-15(2,3)20-14(19)16-7-4-5-11(6-8-16)17-10-12(21)9-13(17)18/h11-12,21H,4-10H2,1-3H3. The first-order chi connectivity index (χ1) is 9.76. The maximum Gasteiger partial charge on any atom is 0.410 e. The van der Waals surface area contributed by atoms with Crippen LogP contribution in [-0.2, 0) is 9.53 Å². The first-order valence-corrected chi connectivity index (χ1v) is 8.23. The highest BCUT2D eigenvalue weighted by Crippen LogP contribution is 2.25. The van der Waals surface area contributed by atoms with Gasteiger partial charge in [-0.2, -0.15) is 12.6 Å². The van der Waals surface area contributed by atoms with E-state index in [9.17, 15) is 9.59 Å². The van der Waals surface area contributed by atoms with Gasteiger partial charge in [0.2, 0.25) is 5.91 Å². The number of carbonyl (C=O) groups is 2. The molecule has 0 aromatic rings. The average molecular weight is 314 g/mol. The molecule has 0 aromatic heterocycles. The summed E-state index contributed by atoms with van der Waals surface area (Å²) in [6, 6.07) is 0.238. The summed E-state index contributed by atoms with van der Waals surface area (Å²) < 4.78 is 5.43. The molecule has 2 fully saturated rings. The van der Waals surface area contributed by atoms with Crippen LogP contribution in [-0.4, -0.2) is 58.3 Å². The Hall–Kier alpha value is -0.910. The summed E-state index contributed by atoms with van der Waals surface area (Å²) in [5.74, 6) is 0.200. The second kappa shape index (κ2) is 6.46. The van der Waals surface area contributed by atoms with Gasteiger partial charge in [0.05, 0.1) is 0 Å². The molecule has 0 saturated carbocycles. The summed E-state index contributed by atoms with van der Waals surface area (Å²) in [5, 5.41) is 0.155. The molecular formula is C15H26N2O3S. The second-order valence-electron chi connectivity index (χ2n) is 6.96. The van der Waals surface area contributed by atoms with Crippen molar-refractivity contribution in [3.05, 3.63) is 0 Å². The molecule has 2 amide bonds. The van der Waals surface area contributed by atoms with Gasteiger partial charge in [-0.15, -0.1) is 0 Å². The van der Waals surface area contributed by atoms with E-state index in [0.717, 1.165) is 25.8 Å². The highest BCUT2D eigenvalue weighted by molar-refractivity contribution is 7.81. The molecule has 2 atom stereocenters. The van der Waals surface area contributed by atoms with E-state index in [1.165, 1.54) is 0 Å². The second-order valence-corrected chi connectivity index (χ2v) is 7.69. The van der Waals surface area contributed by atoms with Gasteiger partial charge in [0.1, 0.15) is 5.60 Å². The minimum atomic E-state index is -0.465. The quantitative estimate of drug-likeness (QED) is 0.756. The zero-order valence-electron chi connectivity index (χ0n) is 13.2. The predicted molar refractivity (Wildman–Crippen MR) is 84.6 cm³/mol. The van der Waals surface area contributed by atoms with E-state index in [-0.39, 0.29) is 23.3 Å². The van der Waals surface area contributed by atoms with Crippen LogP contribution in [0.2, 0.25) is 0 Å². The summed E-state index contributed by atoms with van der Waals surface area (Å²) in [4.78, 5) is 27.8. The summed E-state index contributed by atoms with van der Waals surface area (Å²) in [5.41, 5.74) is -0.465. The van der Waals surface area contributed by atoms with Crippen molar-refractivity contribution in [1.29, 1.82) is 0 Å². The van der Waals surface area contributed by atoms with E-state index in [0.29, 0.717) is 19.5 Å². The predicted octanol–water partition coefficient (Wildman–Crippen LogP) is 2.31. The third-order valence-corrected chi connectivity index (χ3v) is 4.27. The summed E-state index contributed by atoms with van der Waals surface area (Å²) >= 11 is 4.41. The fourth-order valence-corrected chi connectivity index (χ4v) is 3.30. The van der Waals surface area contributed by atoms with E-state index in [1.54, 1.807) is 4.90 Å². The maximum atomic E-state index is 12.1. The van der Waals surface area contributed by atoms with Crippen LogP contribution < -0.4 is 0 Å². The Kier molecular flexibility index (Phi) is 5.07. The number of rotatable bonds is 1. The van der Waals surface area contributed by atoms with E-state index < -0.39 is 5.60 Å². The van der Waals surface area contributed by atoms with Crippen LogP contribution in [0, 0.1) is 0 Å². The maximum absolute atomic E-state index is 12.1. The largest absolute Gasteiger partial charge is 0.444 e. The van der Waals surface area contributed by atoms with Gasteiger partial charge in [-0.3, -0.25) is 4.79 Å². The first-order valence-electron chi connectivity index (χ1n) is 7.72. The average Bonchev–Trinajstić information content (AvgIpc) is 2.58. The van der Waals surface area contributed by atoms with E-state index in [2.05, 4.69) is 12.6 Å². The van der Waals surface area contributed by atoms with Gasteiger partial charge >= 0.3 is 6.09 Å². The number of nitrogens with zero attached hydrogens (tertiary/aromatic N) is 2. The van der Waals surface area contributed by atoms with Crippen molar-refractivity contribution in [2.75, 3.05) is 19.6 Å². The Morgan fingerprint density at radius 1 is 1.29 bits per heavy atom. The molecule has 2 aliphatic heterocycles. The molecule has 2 aliphatic rings. The van der Waals surface area contributed by atoms with Crippen LogP contribution >= 0.6 is 12.6 Å². The van der Waals surface area contributed by atoms with Crippen molar-refractivity contribution in [2.24, 2.45) is 0 Å². The van der Waals surface area contributed by atoms with Crippen LogP contribution in [0.3, 0.4) is 0 Å². The van der Waals surface area contributed by atoms with Crippen molar-refractivity contribution in [3.63, 3.8) is 0 Å². The number of carbonyl (C=O) groups excluding carboxylic acids is 2. The summed E-state index contributed by atoms with van der Waals surface area (Å²) in [6.45, 7) is 7.72. The van der Waals surface area contributed by atoms with Crippen molar-refractivity contribution in [1.82, 2.24) is 9.80 Å². The fourth-order valence-electron chi connectivity index (χ4n) is 2.96. The third-order valence-electron chi connectivity index (χ3n) is 3.93. The van der Waals surface area contributed by atoms with Gasteiger partial charge in [0, 0.05) is 37.3 Å². The Morgan fingerprint density at radius 3 is 2.57 bits per heavy atom. The van der Waals surface area contributed by atoms with Gasteiger partial charge in [-0.05, 0) is 40.0 Å². The lowest BCUT2D eigenvalue weighted by molar-refractivity contribution is -0.129. The van der Waals surface area contributed by atoms with Crippen molar-refractivity contribution >= 4 is 24.6 Å². The Balaban J connectivity index is 1.90. The van der Waals surface area contributed by atoms with E-state index in [1.807, 2.05) is 25.7 Å². The number of hydrogen-bond donors (Lipinski definition) is 1. The van der Waals surface area contributed by atoms with E-state index >= 15 is 0 Å². The molecule has 0 N–H and O–H groups in total. The Morgan fingerprint density at radius 2 is 2.00 bits per heavy atom. The van der Waals surface area contributed by atoms with Crippen LogP contribution in [0.15, 0.2) is 0 Å². The van der Waals surface area contributed by atoms with Crippen molar-refractivity contribution in [3.8, 4) is 0 Å². The van der Waals surface area contributed by atoms with Crippen LogP contribution in [0.25, 0.3) is 0 Å². The number of amides is 2. The molecule has 0 aliphatic carbocycles. The first kappa shape index (κ1) is 16.5. The molecule has 2 saturated heterocycles. The topological polar surface area (TPSA) is 49.9 Å². The molecule has 0 radical (unpaired) electrons. The molecule has 21 heavy (non-hydrogen) atoms. The highest BCUT2D eigenvalue weighted by Gasteiger charge is 2.34. The number of hydrogen-bond acceptors (Lipinski definition) is 4. The summed E-state index contributed by atoms with van der Waals surface area (Å²) in [7, 11) is 0. The van der Waals surface area contributed by atoms with Crippen LogP contribution in [0.1, 0.15) is 46.5 Å². The molecule has 2 heterocycles. The normalized spacial score (nSPS) is 27.7. The molecular weight excluding hydrogens is 288 g/mol. The van der Waals surface area contributed by atoms with Crippen LogP contribution in [0.5, 0.6) is 0 Å². The molecule has 5 nitrogen and oxygen atoms in total. The van der Waals surface area contributed by atoms with Gasteiger partial charge in [0.25, 0.3) is 0 Å². The monoisotopic (exact) mass is 314 g/mol. The Bertz CT molecular complexity index is 408. The number of thiol groups is 1. The number of ether oxygens (including phenoxy) is 1. The summed E-state index contributed by atoms with van der Waals surface area (Å²) in [6.07, 6.45) is 2.97. The zero-order chi connectivity index (χ0) is 15.6. The third kappa shape index (κ3) is 4.53. The van der Waals surface area contributed by atoms with Crippen molar-refractivity contribution in [2.45, 2.75) is 63.3 Å². The zero-order valence-corrected chi connectivity index (χ0v) is 14.1. The molecule has 0 bridgehead atoms. The fraction of sp³-hybridized carbons (Fsp3) is 0.867. The highest BCUT2D eigenvalue weighted by atomic mass is 32.1. The van der Waals surface area contributed by atoms with Gasteiger partial charge in [0.15, 0.2) is 0 Å². The molecule has 120 valence electrons. The lowest BCUT2D eigenvalue weighted by Gasteiger charge is -2.28. The Labute approximate surface area is 132 Å².